The van der Waals surface area contributed by atoms with Gasteiger partial charge >= 0.3 is 6.09 Å². The molecule has 1 aliphatic rings. The normalized spacial score (nSPS) is 19.3. The Labute approximate surface area is 206 Å². The Hall–Kier alpha value is -0.813. The second-order valence-electron chi connectivity index (χ2n) is 11.0. The summed E-state index contributed by atoms with van der Waals surface area (Å²) in [6.07, 6.45) is 19.8. The van der Waals surface area contributed by atoms with Gasteiger partial charge in [0.2, 0.25) is 0 Å². The molecule has 1 amide bonds. The maximum Gasteiger partial charge on any atom is 0.408 e. The Morgan fingerprint density at radius 2 is 1.33 bits per heavy atom. The molecule has 0 aromatic carbocycles. The van der Waals surface area contributed by atoms with E-state index in [1.165, 1.54) is 70.6 Å². The first-order valence-corrected chi connectivity index (χ1v) is 16.2. The molecule has 1 N–H and O–H groups in total. The molecule has 4 nitrogen and oxygen atoms in total. The van der Waals surface area contributed by atoms with E-state index in [1.54, 1.807) is 0 Å². The third kappa shape index (κ3) is 10.5. The SMILES string of the molecule is CCCCCCCCCCCCC/C=C/[C@H]1OC(=O)N[C@H]1CO[Si](C(C)C)(C(C)C)C(C)C. The largest absolute Gasteiger partial charge is 0.440 e. The number of allylic oxidation sites excluding steroid dienone is 1. The van der Waals surface area contributed by atoms with Gasteiger partial charge < -0.3 is 14.5 Å². The van der Waals surface area contributed by atoms with Gasteiger partial charge in [0, 0.05) is 0 Å². The van der Waals surface area contributed by atoms with Gasteiger partial charge in [0.05, 0.1) is 12.6 Å². The van der Waals surface area contributed by atoms with Crippen LogP contribution in [-0.4, -0.2) is 33.2 Å². The van der Waals surface area contributed by atoms with E-state index < -0.39 is 8.32 Å². The number of nitrogens with one attached hydrogen (secondary N) is 1. The molecule has 1 rings (SSSR count). The Morgan fingerprint density at radius 1 is 0.848 bits per heavy atom. The van der Waals surface area contributed by atoms with Gasteiger partial charge in [-0.05, 0) is 35.5 Å². The van der Waals surface area contributed by atoms with Gasteiger partial charge in [0.25, 0.3) is 0 Å². The highest BCUT2D eigenvalue weighted by Crippen LogP contribution is 2.42. The highest BCUT2D eigenvalue weighted by atomic mass is 28.4. The Morgan fingerprint density at radius 3 is 1.82 bits per heavy atom. The van der Waals surface area contributed by atoms with Crippen LogP contribution in [0, 0.1) is 0 Å². The maximum absolute atomic E-state index is 11.9. The highest BCUT2D eigenvalue weighted by molar-refractivity contribution is 6.77. The van der Waals surface area contributed by atoms with Gasteiger partial charge in [-0.25, -0.2) is 4.79 Å². The molecule has 5 heteroatoms. The zero-order valence-electron chi connectivity index (χ0n) is 23.0. The summed E-state index contributed by atoms with van der Waals surface area (Å²) < 4.78 is 12.2. The zero-order chi connectivity index (χ0) is 24.7. The lowest BCUT2D eigenvalue weighted by Crippen LogP contribution is -2.51. The van der Waals surface area contributed by atoms with Crippen molar-refractivity contribution >= 4 is 14.4 Å². The minimum Gasteiger partial charge on any atom is -0.440 e. The van der Waals surface area contributed by atoms with E-state index >= 15 is 0 Å². The first kappa shape index (κ1) is 30.2. The second-order valence-corrected chi connectivity index (χ2v) is 16.5. The number of unbranched alkanes of at least 4 members (excludes halogenated alkanes) is 11. The topological polar surface area (TPSA) is 47.6 Å². The summed E-state index contributed by atoms with van der Waals surface area (Å²) >= 11 is 0. The van der Waals surface area contributed by atoms with Crippen LogP contribution in [0.15, 0.2) is 12.2 Å². The fourth-order valence-corrected chi connectivity index (χ4v) is 11.1. The number of carbonyl (C=O) groups is 1. The van der Waals surface area contributed by atoms with Crippen LogP contribution >= 0.6 is 0 Å². The molecular formula is C28H55NO3Si. The Bertz CT molecular complexity index is 525. The average Bonchev–Trinajstić information content (AvgIpc) is 3.10. The van der Waals surface area contributed by atoms with Crippen molar-refractivity contribution in [3.05, 3.63) is 12.2 Å². The van der Waals surface area contributed by atoms with Crippen molar-refractivity contribution in [2.75, 3.05) is 6.61 Å². The summed E-state index contributed by atoms with van der Waals surface area (Å²) in [6.45, 7) is 16.6. The second kappa shape index (κ2) is 16.8. The molecule has 0 aromatic heterocycles. The van der Waals surface area contributed by atoms with Crippen LogP contribution in [0.5, 0.6) is 0 Å². The zero-order valence-corrected chi connectivity index (χ0v) is 24.0. The van der Waals surface area contributed by atoms with Gasteiger partial charge in [0.15, 0.2) is 8.32 Å². The molecule has 0 unspecified atom stereocenters. The summed E-state index contributed by atoms with van der Waals surface area (Å²) in [5, 5.41) is 2.97. The molecule has 2 atom stereocenters. The molecule has 1 saturated heterocycles. The highest BCUT2D eigenvalue weighted by Gasteiger charge is 2.46. The number of cyclic esters (lactones) is 1. The van der Waals surface area contributed by atoms with Crippen molar-refractivity contribution in [3.63, 3.8) is 0 Å². The predicted molar refractivity (Wildman–Crippen MR) is 144 cm³/mol. The van der Waals surface area contributed by atoms with E-state index in [0.717, 1.165) is 6.42 Å². The Balaban J connectivity index is 2.32. The average molecular weight is 482 g/mol. The van der Waals surface area contributed by atoms with Crippen LogP contribution in [-0.2, 0) is 9.16 Å². The smallest absolute Gasteiger partial charge is 0.408 e. The van der Waals surface area contributed by atoms with Gasteiger partial charge in [-0.15, -0.1) is 0 Å². The number of carbonyl (C=O) groups excluding carboxylic acids is 1. The number of ether oxygens (including phenoxy) is 1. The van der Waals surface area contributed by atoms with Gasteiger partial charge in [-0.3, -0.25) is 0 Å². The molecule has 33 heavy (non-hydrogen) atoms. The lowest BCUT2D eigenvalue weighted by molar-refractivity contribution is 0.143. The van der Waals surface area contributed by atoms with E-state index in [-0.39, 0.29) is 18.2 Å². The summed E-state index contributed by atoms with van der Waals surface area (Å²) in [4.78, 5) is 11.9. The fourth-order valence-electron chi connectivity index (χ4n) is 5.67. The third-order valence-electron chi connectivity index (χ3n) is 7.46. The van der Waals surface area contributed by atoms with Crippen LogP contribution in [0.3, 0.4) is 0 Å². The van der Waals surface area contributed by atoms with E-state index in [4.69, 9.17) is 9.16 Å². The van der Waals surface area contributed by atoms with Gasteiger partial charge in [0.1, 0.15) is 6.10 Å². The monoisotopic (exact) mass is 481 g/mol. The quantitative estimate of drug-likeness (QED) is 0.114. The van der Waals surface area contributed by atoms with E-state index in [9.17, 15) is 4.79 Å². The molecule has 1 aliphatic heterocycles. The summed E-state index contributed by atoms with van der Waals surface area (Å²) in [5.41, 5.74) is 1.60. The molecule has 0 bridgehead atoms. The van der Waals surface area contributed by atoms with Crippen molar-refractivity contribution in [2.45, 2.75) is 154 Å². The molecule has 0 saturated carbocycles. The van der Waals surface area contributed by atoms with Crippen LogP contribution < -0.4 is 5.32 Å². The van der Waals surface area contributed by atoms with Crippen molar-refractivity contribution in [1.29, 1.82) is 0 Å². The standard InChI is InChI=1S/C28H55NO3Si/c1-8-9-10-11-12-13-14-15-16-17-18-19-20-21-27-26(29-28(30)32-27)22-31-33(23(2)3,24(4)5)25(6)7/h20-21,23-27H,8-19,22H2,1-7H3,(H,29,30)/b21-20+/t26-,27+/m0/s1. The molecule has 0 aromatic rings. The van der Waals surface area contributed by atoms with Crippen molar-refractivity contribution in [2.24, 2.45) is 0 Å². The maximum atomic E-state index is 11.9. The first-order valence-electron chi connectivity index (χ1n) is 14.0. The van der Waals surface area contributed by atoms with Crippen molar-refractivity contribution < 1.29 is 14.0 Å². The van der Waals surface area contributed by atoms with Crippen LogP contribution in [0.25, 0.3) is 0 Å². The number of amides is 1. The van der Waals surface area contributed by atoms with Crippen LogP contribution in [0.4, 0.5) is 4.79 Å². The van der Waals surface area contributed by atoms with Crippen molar-refractivity contribution in [1.82, 2.24) is 5.32 Å². The number of hydrogen-bond acceptors (Lipinski definition) is 3. The lowest BCUT2D eigenvalue weighted by atomic mass is 10.0. The molecule has 194 valence electrons. The third-order valence-corrected chi connectivity index (χ3v) is 13.5. The summed E-state index contributed by atoms with van der Waals surface area (Å²) in [7, 11) is -1.95. The molecule has 1 heterocycles. The Kier molecular flexibility index (Phi) is 15.3. The summed E-state index contributed by atoms with van der Waals surface area (Å²) in [5.74, 6) is 0. The van der Waals surface area contributed by atoms with E-state index in [1.807, 2.05) is 0 Å². The molecule has 0 spiro atoms. The van der Waals surface area contributed by atoms with Gasteiger partial charge in [-0.2, -0.15) is 0 Å². The molecule has 0 aliphatic carbocycles. The minimum atomic E-state index is -1.95. The van der Waals surface area contributed by atoms with Crippen LogP contribution in [0.2, 0.25) is 16.6 Å². The summed E-state index contributed by atoms with van der Waals surface area (Å²) in [6, 6.07) is -0.0887. The number of rotatable bonds is 19. The van der Waals surface area contributed by atoms with E-state index in [2.05, 4.69) is 65.9 Å². The van der Waals surface area contributed by atoms with E-state index in [0.29, 0.717) is 23.2 Å². The van der Waals surface area contributed by atoms with Gasteiger partial charge in [-0.1, -0.05) is 119 Å². The number of hydrogen-bond donors (Lipinski definition) is 1. The lowest BCUT2D eigenvalue weighted by Gasteiger charge is -2.42. The molecule has 0 radical (unpaired) electrons. The van der Waals surface area contributed by atoms with Crippen molar-refractivity contribution in [3.8, 4) is 0 Å². The molecular weight excluding hydrogens is 426 g/mol. The molecule has 1 fully saturated rings. The predicted octanol–water partition coefficient (Wildman–Crippen LogP) is 8.91. The fraction of sp³-hybridized carbons (Fsp3) is 0.893. The first-order chi connectivity index (χ1) is 15.8. The number of alkyl carbamates (subject to hydrolysis) is 1. The van der Waals surface area contributed by atoms with Crippen LogP contribution in [0.1, 0.15) is 126 Å². The minimum absolute atomic E-state index is 0.0887.